The van der Waals surface area contributed by atoms with E-state index in [1.165, 1.54) is 23.1 Å². The SMILES string of the molecule is Cc1cc(NS(=O)(=O)c2cnn(C)c2)c(C(=O)O)[nH]1. The third kappa shape index (κ3) is 2.60. The summed E-state index contributed by atoms with van der Waals surface area (Å²) < 4.78 is 27.6. The number of aromatic carboxylic acids is 1. The van der Waals surface area contributed by atoms with Gasteiger partial charge < -0.3 is 10.1 Å². The van der Waals surface area contributed by atoms with Crippen molar-refractivity contribution in [2.45, 2.75) is 11.8 Å². The van der Waals surface area contributed by atoms with E-state index in [9.17, 15) is 13.2 Å². The molecule has 0 aliphatic rings. The topological polar surface area (TPSA) is 117 Å². The van der Waals surface area contributed by atoms with E-state index in [2.05, 4.69) is 14.8 Å². The quantitative estimate of drug-likeness (QED) is 0.758. The number of aromatic nitrogens is 3. The lowest BCUT2D eigenvalue weighted by Crippen LogP contribution is -2.14. The lowest BCUT2D eigenvalue weighted by atomic mass is 10.4. The fourth-order valence-corrected chi connectivity index (χ4v) is 2.63. The summed E-state index contributed by atoms with van der Waals surface area (Å²) >= 11 is 0. The minimum Gasteiger partial charge on any atom is -0.477 e. The molecule has 0 radical (unpaired) electrons. The molecule has 0 bridgehead atoms. The number of aromatic amines is 1. The van der Waals surface area contributed by atoms with Crippen molar-refractivity contribution < 1.29 is 18.3 Å². The van der Waals surface area contributed by atoms with Crippen LogP contribution < -0.4 is 4.72 Å². The van der Waals surface area contributed by atoms with E-state index >= 15 is 0 Å². The van der Waals surface area contributed by atoms with Crippen molar-refractivity contribution in [1.82, 2.24) is 14.8 Å². The first-order chi connectivity index (χ1) is 8.79. The monoisotopic (exact) mass is 284 g/mol. The summed E-state index contributed by atoms with van der Waals surface area (Å²) in [6.07, 6.45) is 2.50. The number of rotatable bonds is 4. The third-order valence-corrected chi connectivity index (χ3v) is 3.72. The minimum atomic E-state index is -3.85. The molecule has 2 aromatic heterocycles. The average Bonchev–Trinajstić information content (AvgIpc) is 2.85. The Labute approximate surface area is 109 Å². The second kappa shape index (κ2) is 4.43. The lowest BCUT2D eigenvalue weighted by Gasteiger charge is -2.04. The number of aryl methyl sites for hydroxylation is 2. The Morgan fingerprint density at radius 2 is 2.21 bits per heavy atom. The fraction of sp³-hybridized carbons (Fsp3) is 0.200. The molecular weight excluding hydrogens is 272 g/mol. The van der Waals surface area contributed by atoms with Crippen molar-refractivity contribution in [3.05, 3.63) is 29.8 Å². The highest BCUT2D eigenvalue weighted by Crippen LogP contribution is 2.21. The Hall–Kier alpha value is -2.29. The van der Waals surface area contributed by atoms with E-state index in [4.69, 9.17) is 5.11 Å². The van der Waals surface area contributed by atoms with Crippen LogP contribution >= 0.6 is 0 Å². The maximum Gasteiger partial charge on any atom is 0.354 e. The summed E-state index contributed by atoms with van der Waals surface area (Å²) in [7, 11) is -2.27. The van der Waals surface area contributed by atoms with Crippen LogP contribution in [-0.2, 0) is 17.1 Å². The number of carbonyl (C=O) groups is 1. The predicted octanol–water partition coefficient (Wildman–Crippen LogP) is 0.556. The van der Waals surface area contributed by atoms with E-state index < -0.39 is 16.0 Å². The van der Waals surface area contributed by atoms with Gasteiger partial charge in [-0.15, -0.1) is 0 Å². The van der Waals surface area contributed by atoms with Crippen LogP contribution in [0.1, 0.15) is 16.2 Å². The number of nitrogens with zero attached hydrogens (tertiary/aromatic N) is 2. The van der Waals surface area contributed by atoms with Gasteiger partial charge in [0.05, 0.1) is 11.9 Å². The van der Waals surface area contributed by atoms with E-state index in [1.54, 1.807) is 14.0 Å². The lowest BCUT2D eigenvalue weighted by molar-refractivity contribution is 0.0692. The molecule has 2 rings (SSSR count). The maximum atomic E-state index is 12.0. The standard InChI is InChI=1S/C10H12N4O4S/c1-6-3-8(9(12-6)10(15)16)13-19(17,18)7-4-11-14(2)5-7/h3-5,12-13H,1-2H3,(H,15,16). The Morgan fingerprint density at radius 3 is 2.74 bits per heavy atom. The van der Waals surface area contributed by atoms with Gasteiger partial charge in [0, 0.05) is 18.9 Å². The summed E-state index contributed by atoms with van der Waals surface area (Å²) in [5.41, 5.74) is 0.333. The third-order valence-electron chi connectivity index (χ3n) is 2.40. The molecule has 19 heavy (non-hydrogen) atoms. The van der Waals surface area contributed by atoms with Crippen molar-refractivity contribution in [3.63, 3.8) is 0 Å². The zero-order valence-corrected chi connectivity index (χ0v) is 11.0. The molecular formula is C10H12N4O4S. The van der Waals surface area contributed by atoms with Crippen LogP contribution in [0.15, 0.2) is 23.4 Å². The molecule has 0 spiro atoms. The summed E-state index contributed by atoms with van der Waals surface area (Å²) in [4.78, 5) is 13.5. The highest BCUT2D eigenvalue weighted by Gasteiger charge is 2.21. The van der Waals surface area contributed by atoms with E-state index in [0.29, 0.717) is 5.69 Å². The second-order valence-corrected chi connectivity index (χ2v) is 5.68. The molecule has 0 aliphatic carbocycles. The Kier molecular flexibility index (Phi) is 3.06. The van der Waals surface area contributed by atoms with Gasteiger partial charge in [-0.25, -0.2) is 13.2 Å². The van der Waals surface area contributed by atoms with Crippen molar-refractivity contribution in [1.29, 1.82) is 0 Å². The highest BCUT2D eigenvalue weighted by molar-refractivity contribution is 7.92. The summed E-state index contributed by atoms with van der Waals surface area (Å²) in [5, 5.41) is 12.7. The largest absolute Gasteiger partial charge is 0.477 e. The second-order valence-electron chi connectivity index (χ2n) is 4.00. The predicted molar refractivity (Wildman–Crippen MR) is 66.5 cm³/mol. The van der Waals surface area contributed by atoms with Crippen LogP contribution in [0, 0.1) is 6.92 Å². The van der Waals surface area contributed by atoms with Crippen molar-refractivity contribution in [3.8, 4) is 0 Å². The highest BCUT2D eigenvalue weighted by atomic mass is 32.2. The number of carboxylic acids is 1. The number of sulfonamides is 1. The summed E-state index contributed by atoms with van der Waals surface area (Å²) in [5.74, 6) is -1.24. The van der Waals surface area contributed by atoms with E-state index in [0.717, 1.165) is 0 Å². The molecule has 0 saturated carbocycles. The van der Waals surface area contributed by atoms with Gasteiger partial charge in [0.25, 0.3) is 10.0 Å². The summed E-state index contributed by atoms with van der Waals surface area (Å²) in [6.45, 7) is 1.63. The van der Waals surface area contributed by atoms with Gasteiger partial charge in [0.2, 0.25) is 0 Å². The van der Waals surface area contributed by atoms with Gasteiger partial charge in [0.15, 0.2) is 0 Å². The van der Waals surface area contributed by atoms with Crippen molar-refractivity contribution in [2.24, 2.45) is 7.05 Å². The molecule has 0 saturated heterocycles. The number of carboxylic acid groups (broad SMARTS) is 1. The smallest absolute Gasteiger partial charge is 0.354 e. The number of H-pyrrole nitrogens is 1. The zero-order valence-electron chi connectivity index (χ0n) is 10.2. The Morgan fingerprint density at radius 1 is 1.53 bits per heavy atom. The van der Waals surface area contributed by atoms with E-state index in [1.807, 2.05) is 0 Å². The summed E-state index contributed by atoms with van der Waals surface area (Å²) in [6, 6.07) is 1.41. The first kappa shape index (κ1) is 13.1. The number of anilines is 1. The fourth-order valence-electron chi connectivity index (χ4n) is 1.58. The maximum absolute atomic E-state index is 12.0. The molecule has 0 atom stereocenters. The van der Waals surface area contributed by atoms with Crippen LogP contribution in [0.3, 0.4) is 0 Å². The molecule has 9 heteroatoms. The minimum absolute atomic E-state index is 0.00569. The van der Waals surface area contributed by atoms with Crippen LogP contribution in [0.4, 0.5) is 5.69 Å². The average molecular weight is 284 g/mol. The van der Waals surface area contributed by atoms with Crippen molar-refractivity contribution >= 4 is 21.7 Å². The molecule has 0 aliphatic heterocycles. The molecule has 2 aromatic rings. The first-order valence-electron chi connectivity index (χ1n) is 5.24. The van der Waals surface area contributed by atoms with Gasteiger partial charge in [-0.2, -0.15) is 5.10 Å². The van der Waals surface area contributed by atoms with Crippen molar-refractivity contribution in [2.75, 3.05) is 4.72 Å². The van der Waals surface area contributed by atoms with Gasteiger partial charge in [-0.05, 0) is 13.0 Å². The van der Waals surface area contributed by atoms with Crippen LogP contribution in [0.5, 0.6) is 0 Å². The number of nitrogens with one attached hydrogen (secondary N) is 2. The molecule has 2 heterocycles. The Balaban J connectivity index is 2.38. The number of hydrogen-bond acceptors (Lipinski definition) is 4. The Bertz CT molecular complexity index is 729. The van der Waals surface area contributed by atoms with Crippen LogP contribution in [0.2, 0.25) is 0 Å². The molecule has 0 amide bonds. The normalized spacial score (nSPS) is 11.5. The zero-order chi connectivity index (χ0) is 14.2. The van der Waals surface area contributed by atoms with E-state index in [-0.39, 0.29) is 16.3 Å². The van der Waals surface area contributed by atoms with Gasteiger partial charge >= 0.3 is 5.97 Å². The van der Waals surface area contributed by atoms with Gasteiger partial charge in [-0.1, -0.05) is 0 Å². The van der Waals surface area contributed by atoms with Crippen LogP contribution in [0.25, 0.3) is 0 Å². The molecule has 0 fully saturated rings. The van der Waals surface area contributed by atoms with Gasteiger partial charge in [0.1, 0.15) is 10.6 Å². The first-order valence-corrected chi connectivity index (χ1v) is 6.72. The molecule has 0 unspecified atom stereocenters. The molecule has 3 N–H and O–H groups in total. The molecule has 0 aromatic carbocycles. The number of hydrogen-bond donors (Lipinski definition) is 3. The van der Waals surface area contributed by atoms with Crippen LogP contribution in [-0.4, -0.2) is 34.3 Å². The molecule has 8 nitrogen and oxygen atoms in total. The van der Waals surface area contributed by atoms with Gasteiger partial charge in [-0.3, -0.25) is 9.40 Å². The molecule has 102 valence electrons.